The van der Waals surface area contributed by atoms with Crippen molar-refractivity contribution in [3.63, 3.8) is 0 Å². The highest BCUT2D eigenvalue weighted by atomic mass is 16.5. The number of rotatable bonds is 4. The number of likely N-dealkylation sites (tertiary alicyclic amines) is 1. The maximum atomic E-state index is 13.0. The highest BCUT2D eigenvalue weighted by Gasteiger charge is 2.40. The van der Waals surface area contributed by atoms with Gasteiger partial charge in [-0.1, -0.05) is 26.2 Å². The lowest BCUT2D eigenvalue weighted by molar-refractivity contribution is -0.142. The third kappa shape index (κ3) is 3.80. The van der Waals surface area contributed by atoms with Crippen LogP contribution in [0.2, 0.25) is 0 Å². The van der Waals surface area contributed by atoms with Crippen LogP contribution in [0.1, 0.15) is 76.0 Å². The molecule has 0 N–H and O–H groups in total. The number of carbonyl (C=O) groups is 1. The van der Waals surface area contributed by atoms with Gasteiger partial charge in [0.1, 0.15) is 0 Å². The summed E-state index contributed by atoms with van der Waals surface area (Å²) in [7, 11) is 0. The summed E-state index contributed by atoms with van der Waals surface area (Å²) in [4.78, 5) is 15.1. The number of nitrogens with zero attached hydrogens (tertiary/aromatic N) is 3. The Morgan fingerprint density at radius 2 is 1.92 bits per heavy atom. The Morgan fingerprint density at radius 3 is 2.69 bits per heavy atom. The van der Waals surface area contributed by atoms with Crippen LogP contribution in [0.15, 0.2) is 4.42 Å². The second-order valence-corrected chi connectivity index (χ2v) is 8.65. The van der Waals surface area contributed by atoms with E-state index in [4.69, 9.17) is 9.15 Å². The summed E-state index contributed by atoms with van der Waals surface area (Å²) in [5, 5.41) is 8.54. The standard InChI is InChI=1S/C20H31N3O3/c1-20(8-3-2-4-9-20)19(24)23-10-5-15(14-23)13-17-21-22-18(26-17)16-6-11-25-12-7-16/h15-16H,2-14H2,1H3. The fourth-order valence-corrected chi connectivity index (χ4v) is 4.82. The summed E-state index contributed by atoms with van der Waals surface area (Å²) in [6.45, 7) is 5.44. The highest BCUT2D eigenvalue weighted by molar-refractivity contribution is 5.82. The van der Waals surface area contributed by atoms with Gasteiger partial charge in [-0.25, -0.2) is 0 Å². The van der Waals surface area contributed by atoms with Crippen LogP contribution in [0.25, 0.3) is 0 Å². The molecule has 6 heteroatoms. The predicted molar refractivity (Wildman–Crippen MR) is 96.7 cm³/mol. The zero-order valence-electron chi connectivity index (χ0n) is 15.9. The third-order valence-electron chi connectivity index (χ3n) is 6.56. The van der Waals surface area contributed by atoms with Gasteiger partial charge in [0.2, 0.25) is 17.7 Å². The van der Waals surface area contributed by atoms with Gasteiger partial charge in [0, 0.05) is 44.1 Å². The van der Waals surface area contributed by atoms with Crippen molar-refractivity contribution < 1.29 is 13.9 Å². The lowest BCUT2D eigenvalue weighted by atomic mass is 9.74. The zero-order valence-corrected chi connectivity index (χ0v) is 15.9. The van der Waals surface area contributed by atoms with Crippen molar-refractivity contribution in [3.8, 4) is 0 Å². The SMILES string of the molecule is CC1(C(=O)N2CCC(Cc3nnc(C4CCOCC4)o3)C2)CCCCC1. The second-order valence-electron chi connectivity index (χ2n) is 8.65. The summed E-state index contributed by atoms with van der Waals surface area (Å²) in [5.74, 6) is 2.65. The van der Waals surface area contributed by atoms with Crippen molar-refractivity contribution in [1.29, 1.82) is 0 Å². The molecule has 0 bridgehead atoms. The minimum Gasteiger partial charge on any atom is -0.425 e. The molecular weight excluding hydrogens is 330 g/mol. The first-order valence-electron chi connectivity index (χ1n) is 10.3. The summed E-state index contributed by atoms with van der Waals surface area (Å²) in [6, 6.07) is 0. The van der Waals surface area contributed by atoms with Crippen LogP contribution in [0.3, 0.4) is 0 Å². The topological polar surface area (TPSA) is 68.5 Å². The second kappa shape index (κ2) is 7.67. The fraction of sp³-hybridized carbons (Fsp3) is 0.850. The van der Waals surface area contributed by atoms with E-state index in [0.717, 1.165) is 76.6 Å². The molecule has 0 radical (unpaired) electrons. The molecule has 1 atom stereocenters. The first kappa shape index (κ1) is 18.0. The number of hydrogen-bond donors (Lipinski definition) is 0. The third-order valence-corrected chi connectivity index (χ3v) is 6.56. The molecule has 3 fully saturated rings. The van der Waals surface area contributed by atoms with E-state index in [1.54, 1.807) is 0 Å². The van der Waals surface area contributed by atoms with E-state index in [9.17, 15) is 4.79 Å². The molecule has 1 aliphatic carbocycles. The number of aromatic nitrogens is 2. The molecule has 4 rings (SSSR count). The molecule has 1 aromatic rings. The van der Waals surface area contributed by atoms with Crippen LogP contribution in [0, 0.1) is 11.3 Å². The maximum Gasteiger partial charge on any atom is 0.228 e. The number of carbonyl (C=O) groups excluding carboxylic acids is 1. The Kier molecular flexibility index (Phi) is 5.30. The molecule has 0 spiro atoms. The Bertz CT molecular complexity index is 618. The van der Waals surface area contributed by atoms with E-state index in [2.05, 4.69) is 22.0 Å². The molecule has 1 amide bonds. The Labute approximate surface area is 155 Å². The summed E-state index contributed by atoms with van der Waals surface area (Å²) in [6.07, 6.45) is 9.51. The lowest BCUT2D eigenvalue weighted by Gasteiger charge is -2.35. The van der Waals surface area contributed by atoms with Crippen molar-refractivity contribution >= 4 is 5.91 Å². The van der Waals surface area contributed by atoms with Gasteiger partial charge in [-0.2, -0.15) is 0 Å². The van der Waals surface area contributed by atoms with E-state index in [1.807, 2.05) is 0 Å². The molecule has 2 saturated heterocycles. The maximum absolute atomic E-state index is 13.0. The van der Waals surface area contributed by atoms with Gasteiger partial charge in [-0.15, -0.1) is 10.2 Å². The molecule has 0 aromatic carbocycles. The van der Waals surface area contributed by atoms with Gasteiger partial charge in [-0.3, -0.25) is 4.79 Å². The number of ether oxygens (including phenoxy) is 1. The fourth-order valence-electron chi connectivity index (χ4n) is 4.82. The summed E-state index contributed by atoms with van der Waals surface area (Å²) >= 11 is 0. The van der Waals surface area contributed by atoms with E-state index in [1.165, 1.54) is 19.3 Å². The Balaban J connectivity index is 1.31. The van der Waals surface area contributed by atoms with Gasteiger partial charge in [-0.05, 0) is 38.0 Å². The minimum atomic E-state index is -0.131. The molecule has 144 valence electrons. The first-order chi connectivity index (χ1) is 12.6. The largest absolute Gasteiger partial charge is 0.425 e. The highest BCUT2D eigenvalue weighted by Crippen LogP contribution is 2.38. The normalized spacial score (nSPS) is 27.0. The smallest absolute Gasteiger partial charge is 0.228 e. The van der Waals surface area contributed by atoms with Crippen LogP contribution in [0.5, 0.6) is 0 Å². The molecular formula is C20H31N3O3. The molecule has 2 aliphatic heterocycles. The quantitative estimate of drug-likeness (QED) is 0.823. The average molecular weight is 361 g/mol. The molecule has 1 saturated carbocycles. The summed E-state index contributed by atoms with van der Waals surface area (Å²) < 4.78 is 11.3. The molecule has 6 nitrogen and oxygen atoms in total. The van der Waals surface area contributed by atoms with E-state index in [0.29, 0.717) is 17.7 Å². The molecule has 3 heterocycles. The number of hydrogen-bond acceptors (Lipinski definition) is 5. The zero-order chi connectivity index (χ0) is 18.0. The summed E-state index contributed by atoms with van der Waals surface area (Å²) in [5.41, 5.74) is -0.131. The van der Waals surface area contributed by atoms with Gasteiger partial charge in [0.25, 0.3) is 0 Å². The van der Waals surface area contributed by atoms with Crippen molar-refractivity contribution in [1.82, 2.24) is 15.1 Å². The van der Waals surface area contributed by atoms with Crippen LogP contribution in [0.4, 0.5) is 0 Å². The van der Waals surface area contributed by atoms with Crippen molar-refractivity contribution in [2.24, 2.45) is 11.3 Å². The minimum absolute atomic E-state index is 0.131. The average Bonchev–Trinajstić information content (AvgIpc) is 3.33. The predicted octanol–water partition coefficient (Wildman–Crippen LogP) is 3.33. The van der Waals surface area contributed by atoms with Gasteiger partial charge in [0.15, 0.2) is 0 Å². The van der Waals surface area contributed by atoms with Crippen LogP contribution in [-0.4, -0.2) is 47.3 Å². The Hall–Kier alpha value is -1.43. The van der Waals surface area contributed by atoms with Gasteiger partial charge < -0.3 is 14.1 Å². The van der Waals surface area contributed by atoms with Crippen molar-refractivity contribution in [2.75, 3.05) is 26.3 Å². The molecule has 3 aliphatic rings. The molecule has 26 heavy (non-hydrogen) atoms. The van der Waals surface area contributed by atoms with Gasteiger partial charge >= 0.3 is 0 Å². The molecule has 1 aromatic heterocycles. The van der Waals surface area contributed by atoms with E-state index in [-0.39, 0.29) is 5.41 Å². The van der Waals surface area contributed by atoms with Crippen LogP contribution < -0.4 is 0 Å². The Morgan fingerprint density at radius 1 is 1.15 bits per heavy atom. The molecule has 1 unspecified atom stereocenters. The van der Waals surface area contributed by atoms with Crippen molar-refractivity contribution in [3.05, 3.63) is 11.8 Å². The monoisotopic (exact) mass is 361 g/mol. The first-order valence-corrected chi connectivity index (χ1v) is 10.3. The van der Waals surface area contributed by atoms with Crippen LogP contribution in [-0.2, 0) is 16.0 Å². The van der Waals surface area contributed by atoms with E-state index < -0.39 is 0 Å². The van der Waals surface area contributed by atoms with Gasteiger partial charge in [0.05, 0.1) is 0 Å². The van der Waals surface area contributed by atoms with Crippen LogP contribution >= 0.6 is 0 Å². The number of amides is 1. The van der Waals surface area contributed by atoms with Crippen molar-refractivity contribution in [2.45, 2.75) is 70.6 Å². The lowest BCUT2D eigenvalue weighted by Crippen LogP contribution is -2.42. The van der Waals surface area contributed by atoms with E-state index >= 15 is 0 Å².